The van der Waals surface area contributed by atoms with Crippen LogP contribution in [0.15, 0.2) is 33.6 Å². The second-order valence-corrected chi connectivity index (χ2v) is 7.82. The molecule has 1 unspecified atom stereocenters. The summed E-state index contributed by atoms with van der Waals surface area (Å²) < 4.78 is 0. The highest BCUT2D eigenvalue weighted by Crippen LogP contribution is 2.54. The highest BCUT2D eigenvalue weighted by Gasteiger charge is 2.29. The van der Waals surface area contributed by atoms with Crippen LogP contribution < -0.4 is 0 Å². The lowest BCUT2D eigenvalue weighted by atomic mass is 9.95. The van der Waals surface area contributed by atoms with E-state index < -0.39 is 0 Å². The lowest BCUT2D eigenvalue weighted by Gasteiger charge is -2.25. The van der Waals surface area contributed by atoms with Crippen LogP contribution in [0.5, 0.6) is 0 Å². The van der Waals surface area contributed by atoms with Gasteiger partial charge in [-0.2, -0.15) is 0 Å². The Hall–Kier alpha value is -0.560. The van der Waals surface area contributed by atoms with E-state index in [1.165, 1.54) is 12.0 Å². The fourth-order valence-corrected chi connectivity index (χ4v) is 4.84. The molecule has 2 aliphatic rings. The molecule has 0 aromatic rings. The van der Waals surface area contributed by atoms with Crippen LogP contribution >= 0.6 is 10.5 Å². The van der Waals surface area contributed by atoms with Gasteiger partial charge < -0.3 is 0 Å². The van der Waals surface area contributed by atoms with Gasteiger partial charge in [-0.1, -0.05) is 32.9 Å². The number of hydrogen-bond acceptors (Lipinski definition) is 0. The van der Waals surface area contributed by atoms with Crippen molar-refractivity contribution >= 4 is 15.3 Å². The summed E-state index contributed by atoms with van der Waals surface area (Å²) in [5.41, 5.74) is 1.79. The standard InChI is InChI=1S/C14H20S/c1-10(2)15-12-8-6-7-11(12)9-13(15)14(3,4)5/h6-7,9H,8H2,1-5H3. The second-order valence-electron chi connectivity index (χ2n) is 5.46. The van der Waals surface area contributed by atoms with E-state index in [9.17, 15) is 0 Å². The molecule has 0 saturated heterocycles. The fourth-order valence-electron chi connectivity index (χ4n) is 2.16. The predicted octanol–water partition coefficient (Wildman–Crippen LogP) is 4.63. The summed E-state index contributed by atoms with van der Waals surface area (Å²) in [6, 6.07) is 0. The van der Waals surface area contributed by atoms with Gasteiger partial charge in [0.25, 0.3) is 0 Å². The van der Waals surface area contributed by atoms with Gasteiger partial charge in [-0.25, -0.2) is 0 Å². The minimum atomic E-state index is 0.303. The average Bonchev–Trinajstić information content (AvgIpc) is 2.56. The summed E-state index contributed by atoms with van der Waals surface area (Å²) in [5, 5.41) is 0. The van der Waals surface area contributed by atoms with Crippen LogP contribution in [-0.4, -0.2) is 4.86 Å². The van der Waals surface area contributed by atoms with Crippen molar-refractivity contribution < 1.29 is 0 Å². The van der Waals surface area contributed by atoms with E-state index in [-0.39, 0.29) is 0 Å². The van der Waals surface area contributed by atoms with E-state index in [1.54, 1.807) is 14.7 Å². The van der Waals surface area contributed by atoms with Crippen LogP contribution in [0.25, 0.3) is 0 Å². The predicted molar refractivity (Wildman–Crippen MR) is 72.3 cm³/mol. The molecule has 1 heteroatoms. The Kier molecular flexibility index (Phi) is 2.54. The zero-order chi connectivity index (χ0) is 11.2. The molecule has 0 radical (unpaired) electrons. The van der Waals surface area contributed by atoms with E-state index in [2.05, 4.69) is 52.8 Å². The van der Waals surface area contributed by atoms with E-state index >= 15 is 0 Å². The maximum Gasteiger partial charge on any atom is -0.00294 e. The summed E-state index contributed by atoms with van der Waals surface area (Å²) in [6.07, 6.45) is 8.18. The van der Waals surface area contributed by atoms with Gasteiger partial charge in [0.15, 0.2) is 0 Å². The molecule has 0 spiro atoms. The summed E-state index contributed by atoms with van der Waals surface area (Å²) in [4.78, 5) is 4.83. The lowest BCUT2D eigenvalue weighted by molar-refractivity contribution is 0.534. The summed E-state index contributed by atoms with van der Waals surface area (Å²) in [7, 11) is 0.303. The van der Waals surface area contributed by atoms with Gasteiger partial charge in [-0.15, -0.1) is 10.5 Å². The molecule has 15 heavy (non-hydrogen) atoms. The van der Waals surface area contributed by atoms with Crippen molar-refractivity contribution in [1.82, 2.24) is 0 Å². The normalized spacial score (nSPS) is 24.6. The summed E-state index contributed by atoms with van der Waals surface area (Å²) in [6.45, 7) is 11.5. The molecule has 0 fully saturated rings. The highest BCUT2D eigenvalue weighted by atomic mass is 32.2. The molecule has 82 valence electrons. The highest BCUT2D eigenvalue weighted by molar-refractivity contribution is 8.22. The Morgan fingerprint density at radius 2 is 1.93 bits per heavy atom. The second kappa shape index (κ2) is 3.48. The van der Waals surface area contributed by atoms with Crippen LogP contribution in [0.1, 0.15) is 41.0 Å². The minimum Gasteiger partial charge on any atom is -0.131 e. The largest absolute Gasteiger partial charge is 0.131 e. The van der Waals surface area contributed by atoms with Gasteiger partial charge in [-0.3, -0.25) is 0 Å². The Labute approximate surface area is 95.7 Å². The monoisotopic (exact) mass is 220 g/mol. The van der Waals surface area contributed by atoms with Crippen LogP contribution in [0.4, 0.5) is 0 Å². The molecule has 0 amide bonds. The smallest absolute Gasteiger partial charge is 0.00294 e. The van der Waals surface area contributed by atoms with E-state index in [0.29, 0.717) is 15.9 Å². The molecule has 0 aromatic carbocycles. The first-order valence-corrected chi connectivity index (χ1v) is 6.80. The van der Waals surface area contributed by atoms with Crippen LogP contribution in [0.2, 0.25) is 0 Å². The van der Waals surface area contributed by atoms with E-state index in [4.69, 9.17) is 0 Å². The van der Waals surface area contributed by atoms with E-state index in [0.717, 1.165) is 0 Å². The molecule has 1 aliphatic heterocycles. The maximum absolute atomic E-state index is 2.43. The van der Waals surface area contributed by atoms with Crippen LogP contribution in [-0.2, 0) is 0 Å². The Bertz CT molecular complexity index is 419. The third kappa shape index (κ3) is 1.78. The molecule has 1 atom stereocenters. The van der Waals surface area contributed by atoms with Crippen LogP contribution in [0, 0.1) is 5.41 Å². The maximum atomic E-state index is 2.43. The van der Waals surface area contributed by atoms with Gasteiger partial charge in [-0.05, 0) is 52.0 Å². The average molecular weight is 220 g/mol. The quantitative estimate of drug-likeness (QED) is 0.522. The molecule has 2 rings (SSSR count). The van der Waals surface area contributed by atoms with Crippen molar-refractivity contribution in [1.29, 1.82) is 0 Å². The first-order valence-electron chi connectivity index (χ1n) is 5.57. The SMILES string of the molecule is CC(C)=S1C(C(C)(C)C)=CC2=C1CC=C2. The summed E-state index contributed by atoms with van der Waals surface area (Å²) >= 11 is 0. The Balaban J connectivity index is 2.53. The molecule has 0 bridgehead atoms. The third-order valence-electron chi connectivity index (χ3n) is 2.82. The van der Waals surface area contributed by atoms with Gasteiger partial charge in [0, 0.05) is 0 Å². The van der Waals surface area contributed by atoms with Crippen molar-refractivity contribution in [2.45, 2.75) is 41.0 Å². The fraction of sp³-hybridized carbons (Fsp3) is 0.500. The molecular formula is C14H20S. The molecule has 1 heterocycles. The third-order valence-corrected chi connectivity index (χ3v) is 5.70. The van der Waals surface area contributed by atoms with E-state index in [1.807, 2.05) is 0 Å². The molecule has 0 nitrogen and oxygen atoms in total. The van der Waals surface area contributed by atoms with Crippen molar-refractivity contribution in [2.75, 3.05) is 0 Å². The first-order chi connectivity index (χ1) is 6.91. The Morgan fingerprint density at radius 1 is 1.27 bits per heavy atom. The topological polar surface area (TPSA) is 0 Å². The van der Waals surface area contributed by atoms with Crippen molar-refractivity contribution in [2.24, 2.45) is 5.41 Å². The lowest BCUT2D eigenvalue weighted by Crippen LogP contribution is -2.08. The van der Waals surface area contributed by atoms with Crippen LogP contribution in [0.3, 0.4) is 0 Å². The molecule has 0 saturated carbocycles. The number of rotatable bonds is 0. The summed E-state index contributed by atoms with van der Waals surface area (Å²) in [5.74, 6) is 0. The molecule has 0 N–H and O–H groups in total. The molecular weight excluding hydrogens is 200 g/mol. The Morgan fingerprint density at radius 3 is 2.47 bits per heavy atom. The zero-order valence-electron chi connectivity index (χ0n) is 10.3. The molecule has 0 aromatic heterocycles. The number of hydrogen-bond donors (Lipinski definition) is 0. The number of allylic oxidation sites excluding steroid dienone is 6. The van der Waals surface area contributed by atoms with Gasteiger partial charge in [0.2, 0.25) is 0 Å². The molecule has 1 aliphatic carbocycles. The van der Waals surface area contributed by atoms with Crippen molar-refractivity contribution in [3.8, 4) is 0 Å². The first kappa shape index (κ1) is 10.9. The minimum absolute atomic E-state index is 0.303. The van der Waals surface area contributed by atoms with Gasteiger partial charge in [0.1, 0.15) is 0 Å². The van der Waals surface area contributed by atoms with Gasteiger partial charge in [0.05, 0.1) is 0 Å². The van der Waals surface area contributed by atoms with Crippen molar-refractivity contribution in [3.05, 3.63) is 33.6 Å². The van der Waals surface area contributed by atoms with Gasteiger partial charge >= 0.3 is 0 Å². The van der Waals surface area contributed by atoms with Crippen molar-refractivity contribution in [3.63, 3.8) is 0 Å². The zero-order valence-corrected chi connectivity index (χ0v) is 11.2.